The summed E-state index contributed by atoms with van der Waals surface area (Å²) in [5, 5.41) is 3.15. The van der Waals surface area contributed by atoms with E-state index >= 15 is 0 Å². The van der Waals surface area contributed by atoms with Crippen LogP contribution in [0.3, 0.4) is 0 Å². The topological polar surface area (TPSA) is 74.7 Å². The van der Waals surface area contributed by atoms with Gasteiger partial charge in [0.15, 0.2) is 11.5 Å². The molecule has 0 saturated carbocycles. The molecule has 0 fully saturated rings. The number of hydrogen-bond acceptors (Lipinski definition) is 7. The van der Waals surface area contributed by atoms with Gasteiger partial charge in [0.1, 0.15) is 5.01 Å². The summed E-state index contributed by atoms with van der Waals surface area (Å²) in [7, 11) is 2.77. The summed E-state index contributed by atoms with van der Waals surface area (Å²) in [6.45, 7) is 0. The summed E-state index contributed by atoms with van der Waals surface area (Å²) in [5.74, 6) is -0.296. The summed E-state index contributed by atoms with van der Waals surface area (Å²) in [6.07, 6.45) is 2.87. The molecule has 3 aromatic rings. The van der Waals surface area contributed by atoms with Crippen LogP contribution < -0.4 is 9.47 Å². The molecule has 0 saturated heterocycles. The number of hydrogen-bond donors (Lipinski definition) is 0. The lowest BCUT2D eigenvalue weighted by Crippen LogP contribution is -2.12. The maximum absolute atomic E-state index is 12.4. The van der Waals surface area contributed by atoms with Crippen LogP contribution in [0.15, 0.2) is 53.9 Å². The second kappa shape index (κ2) is 10.0. The van der Waals surface area contributed by atoms with E-state index in [0.717, 1.165) is 10.6 Å². The van der Waals surface area contributed by atoms with E-state index in [-0.39, 0.29) is 12.2 Å². The van der Waals surface area contributed by atoms with Gasteiger partial charge in [-0.1, -0.05) is 35.9 Å². The highest BCUT2D eigenvalue weighted by Crippen LogP contribution is 2.31. The summed E-state index contributed by atoms with van der Waals surface area (Å²) >= 11 is 7.62. The number of methoxy groups -OCH3 is 2. The normalized spacial score (nSPS) is 10.8. The van der Waals surface area contributed by atoms with Gasteiger partial charge in [-0.05, 0) is 29.8 Å². The van der Waals surface area contributed by atoms with Crippen molar-refractivity contribution in [2.75, 3.05) is 14.2 Å². The molecule has 8 heteroatoms. The van der Waals surface area contributed by atoms with E-state index in [9.17, 15) is 9.59 Å². The average molecular weight is 444 g/mol. The fourth-order valence-corrected chi connectivity index (χ4v) is 3.70. The first-order valence-corrected chi connectivity index (χ1v) is 10.1. The fraction of sp³-hybridized carbons (Fsp3) is 0.136. The average Bonchev–Trinajstić information content (AvgIpc) is 3.20. The van der Waals surface area contributed by atoms with Crippen LogP contribution in [0.5, 0.6) is 11.5 Å². The highest BCUT2D eigenvalue weighted by Gasteiger charge is 2.15. The molecule has 2 aromatic carbocycles. The predicted molar refractivity (Wildman–Crippen MR) is 116 cm³/mol. The molecular formula is C22H18ClNO5S. The molecule has 3 rings (SSSR count). The maximum atomic E-state index is 12.4. The monoisotopic (exact) mass is 443 g/mol. The molecule has 0 unspecified atom stereocenters. The van der Waals surface area contributed by atoms with Gasteiger partial charge in [0, 0.05) is 17.0 Å². The summed E-state index contributed by atoms with van der Waals surface area (Å²) < 4.78 is 15.3. The zero-order valence-electron chi connectivity index (χ0n) is 16.3. The van der Waals surface area contributed by atoms with Gasteiger partial charge >= 0.3 is 11.9 Å². The molecule has 0 N–H and O–H groups in total. The van der Waals surface area contributed by atoms with Crippen molar-refractivity contribution in [3.63, 3.8) is 0 Å². The lowest BCUT2D eigenvalue weighted by molar-refractivity contribution is -0.135. The molecule has 30 heavy (non-hydrogen) atoms. The van der Waals surface area contributed by atoms with Crippen molar-refractivity contribution in [3.8, 4) is 22.1 Å². The SMILES string of the molecule is COC(=O)/C=C/c1ccc(OC(=O)Cc2csc(-c3ccccc3Cl)n2)c(OC)c1. The molecule has 0 aliphatic carbocycles. The van der Waals surface area contributed by atoms with Crippen LogP contribution in [0.25, 0.3) is 16.6 Å². The van der Waals surface area contributed by atoms with E-state index in [0.29, 0.717) is 22.0 Å². The lowest BCUT2D eigenvalue weighted by Gasteiger charge is -2.09. The molecule has 0 aliphatic rings. The minimum absolute atomic E-state index is 0.00804. The molecule has 0 bridgehead atoms. The van der Waals surface area contributed by atoms with Crippen molar-refractivity contribution in [3.05, 3.63) is 70.2 Å². The Kier molecular flexibility index (Phi) is 7.21. The fourth-order valence-electron chi connectivity index (χ4n) is 2.56. The molecule has 0 radical (unpaired) electrons. The molecule has 0 amide bonds. The van der Waals surface area contributed by atoms with Gasteiger partial charge in [-0.3, -0.25) is 4.79 Å². The van der Waals surface area contributed by atoms with Crippen LogP contribution in [-0.4, -0.2) is 31.1 Å². The molecule has 6 nitrogen and oxygen atoms in total. The van der Waals surface area contributed by atoms with E-state index < -0.39 is 11.9 Å². The van der Waals surface area contributed by atoms with E-state index in [1.54, 1.807) is 35.7 Å². The van der Waals surface area contributed by atoms with E-state index in [1.165, 1.54) is 31.6 Å². The van der Waals surface area contributed by atoms with Crippen molar-refractivity contribution in [1.29, 1.82) is 0 Å². The lowest BCUT2D eigenvalue weighted by atomic mass is 10.2. The molecular weight excluding hydrogens is 426 g/mol. The Morgan fingerprint density at radius 2 is 1.93 bits per heavy atom. The minimum Gasteiger partial charge on any atom is -0.493 e. The number of ether oxygens (including phenoxy) is 3. The number of nitrogens with zero attached hydrogens (tertiary/aromatic N) is 1. The quantitative estimate of drug-likeness (QED) is 0.296. The highest BCUT2D eigenvalue weighted by molar-refractivity contribution is 7.13. The second-order valence-electron chi connectivity index (χ2n) is 6.04. The number of halogens is 1. The van der Waals surface area contributed by atoms with Crippen molar-refractivity contribution < 1.29 is 23.8 Å². The van der Waals surface area contributed by atoms with Crippen molar-refractivity contribution in [2.24, 2.45) is 0 Å². The number of rotatable bonds is 7. The van der Waals surface area contributed by atoms with Gasteiger partial charge < -0.3 is 14.2 Å². The third kappa shape index (κ3) is 5.46. The van der Waals surface area contributed by atoms with Crippen molar-refractivity contribution in [2.45, 2.75) is 6.42 Å². The Hall–Kier alpha value is -3.16. The Bertz CT molecular complexity index is 1090. The third-order valence-corrected chi connectivity index (χ3v) is 5.26. The van der Waals surface area contributed by atoms with Gasteiger partial charge in [0.05, 0.1) is 31.4 Å². The molecule has 1 aromatic heterocycles. The van der Waals surface area contributed by atoms with Crippen LogP contribution in [0.4, 0.5) is 0 Å². The molecule has 1 heterocycles. The standard InChI is InChI=1S/C22H18ClNO5S/c1-27-19-11-14(8-10-20(25)28-2)7-9-18(19)29-21(26)12-15-13-30-22(24-15)16-5-3-4-6-17(16)23/h3-11,13H,12H2,1-2H3/b10-8+. The van der Waals surface area contributed by atoms with Crippen LogP contribution in [-0.2, 0) is 20.7 Å². The van der Waals surface area contributed by atoms with E-state index in [4.69, 9.17) is 21.1 Å². The van der Waals surface area contributed by atoms with Crippen molar-refractivity contribution >= 4 is 41.0 Å². The largest absolute Gasteiger partial charge is 0.493 e. The zero-order valence-corrected chi connectivity index (χ0v) is 17.8. The van der Waals surface area contributed by atoms with Gasteiger partial charge in [-0.2, -0.15) is 0 Å². The minimum atomic E-state index is -0.470. The van der Waals surface area contributed by atoms with Gasteiger partial charge in [0.2, 0.25) is 0 Å². The Balaban J connectivity index is 1.68. The zero-order chi connectivity index (χ0) is 21.5. The second-order valence-corrected chi connectivity index (χ2v) is 7.31. The van der Waals surface area contributed by atoms with E-state index in [1.807, 2.05) is 18.2 Å². The van der Waals surface area contributed by atoms with Crippen LogP contribution in [0.1, 0.15) is 11.3 Å². The first-order valence-electron chi connectivity index (χ1n) is 8.84. The van der Waals surface area contributed by atoms with Gasteiger partial charge in [-0.25, -0.2) is 9.78 Å². The molecule has 0 atom stereocenters. The highest BCUT2D eigenvalue weighted by atomic mass is 35.5. The number of carbonyl (C=O) groups excluding carboxylic acids is 2. The Morgan fingerprint density at radius 1 is 1.13 bits per heavy atom. The third-order valence-electron chi connectivity index (χ3n) is 4.01. The smallest absolute Gasteiger partial charge is 0.330 e. The molecule has 0 aliphatic heterocycles. The number of carbonyl (C=O) groups is 2. The number of benzene rings is 2. The van der Waals surface area contributed by atoms with Crippen LogP contribution >= 0.6 is 22.9 Å². The number of thiazole rings is 1. The van der Waals surface area contributed by atoms with Gasteiger partial charge in [0.25, 0.3) is 0 Å². The van der Waals surface area contributed by atoms with E-state index in [2.05, 4.69) is 9.72 Å². The van der Waals surface area contributed by atoms with Gasteiger partial charge in [-0.15, -0.1) is 11.3 Å². The molecule has 0 spiro atoms. The first-order chi connectivity index (χ1) is 14.5. The summed E-state index contributed by atoms with van der Waals surface area (Å²) in [5.41, 5.74) is 2.11. The Morgan fingerprint density at radius 3 is 2.67 bits per heavy atom. The summed E-state index contributed by atoms with van der Waals surface area (Å²) in [4.78, 5) is 28.1. The first kappa shape index (κ1) is 21.5. The van der Waals surface area contributed by atoms with Crippen LogP contribution in [0.2, 0.25) is 5.02 Å². The molecule has 154 valence electrons. The summed E-state index contributed by atoms with van der Waals surface area (Å²) in [6, 6.07) is 12.4. The predicted octanol–water partition coefficient (Wildman–Crippen LogP) is 4.81. The number of aromatic nitrogens is 1. The Labute approximate surface area is 182 Å². The number of esters is 2. The van der Waals surface area contributed by atoms with Crippen molar-refractivity contribution in [1.82, 2.24) is 4.98 Å². The maximum Gasteiger partial charge on any atom is 0.330 e. The van der Waals surface area contributed by atoms with Crippen LogP contribution in [0, 0.1) is 0 Å².